The van der Waals surface area contributed by atoms with Gasteiger partial charge < -0.3 is 10.2 Å². The van der Waals surface area contributed by atoms with Crippen molar-refractivity contribution in [3.63, 3.8) is 0 Å². The van der Waals surface area contributed by atoms with Gasteiger partial charge in [-0.2, -0.15) is 5.10 Å². The van der Waals surface area contributed by atoms with E-state index in [1.54, 1.807) is 0 Å². The molecule has 0 unspecified atom stereocenters. The average molecular weight is 427 g/mol. The van der Waals surface area contributed by atoms with Gasteiger partial charge in [0.15, 0.2) is 5.96 Å². The second-order valence-electron chi connectivity index (χ2n) is 5.54. The van der Waals surface area contributed by atoms with Crippen LogP contribution in [0.1, 0.15) is 16.7 Å². The maximum Gasteiger partial charge on any atom is 0.193 e. The van der Waals surface area contributed by atoms with Gasteiger partial charge in [-0.05, 0) is 30.5 Å². The van der Waals surface area contributed by atoms with Crippen molar-refractivity contribution >= 4 is 29.9 Å². The van der Waals surface area contributed by atoms with E-state index in [2.05, 4.69) is 58.5 Å². The first-order valence-electron chi connectivity index (χ1n) is 7.55. The summed E-state index contributed by atoms with van der Waals surface area (Å²) in [5.74, 6) is 0.895. The molecule has 0 aliphatic carbocycles. The second kappa shape index (κ2) is 9.54. The number of hydrogen-bond donors (Lipinski definition) is 1. The Labute approximate surface area is 155 Å². The molecule has 6 heteroatoms. The molecule has 0 fully saturated rings. The molecule has 0 aliphatic rings. The molecule has 1 N–H and O–H groups in total. The minimum absolute atomic E-state index is 0. The van der Waals surface area contributed by atoms with Crippen LogP contribution in [0, 0.1) is 13.8 Å². The maximum atomic E-state index is 4.35. The molecule has 1 aromatic carbocycles. The van der Waals surface area contributed by atoms with Crippen molar-refractivity contribution in [3.8, 4) is 0 Å². The van der Waals surface area contributed by atoms with Crippen LogP contribution in [0.2, 0.25) is 0 Å². The Morgan fingerprint density at radius 1 is 1.30 bits per heavy atom. The lowest BCUT2D eigenvalue weighted by molar-refractivity contribution is 0.469. The molecule has 23 heavy (non-hydrogen) atoms. The molecule has 0 saturated carbocycles. The van der Waals surface area contributed by atoms with Crippen LogP contribution in [0.25, 0.3) is 0 Å². The highest BCUT2D eigenvalue weighted by atomic mass is 127. The molecule has 2 rings (SSSR count). The van der Waals surface area contributed by atoms with E-state index in [0.29, 0.717) is 0 Å². The highest BCUT2D eigenvalue weighted by Gasteiger charge is 2.07. The fraction of sp³-hybridized carbons (Fsp3) is 0.412. The SMILES string of the molecule is CN=C(NCCn1cc(C)cn1)N(C)Cc1ccccc1C.I. The molecular weight excluding hydrogens is 401 g/mol. The molecule has 0 atom stereocenters. The summed E-state index contributed by atoms with van der Waals surface area (Å²) in [5, 5.41) is 7.67. The number of rotatable bonds is 5. The molecule has 0 radical (unpaired) electrons. The van der Waals surface area contributed by atoms with E-state index in [1.807, 2.05) is 31.0 Å². The zero-order valence-corrected chi connectivity index (χ0v) is 16.6. The van der Waals surface area contributed by atoms with E-state index in [4.69, 9.17) is 0 Å². The molecule has 0 amide bonds. The highest BCUT2D eigenvalue weighted by molar-refractivity contribution is 14.0. The molecule has 2 aromatic rings. The summed E-state index contributed by atoms with van der Waals surface area (Å²) < 4.78 is 1.94. The van der Waals surface area contributed by atoms with E-state index in [0.717, 1.165) is 25.6 Å². The molecule has 0 saturated heterocycles. The van der Waals surface area contributed by atoms with Gasteiger partial charge in [0.2, 0.25) is 0 Å². The van der Waals surface area contributed by atoms with Crippen LogP contribution in [0.4, 0.5) is 0 Å². The van der Waals surface area contributed by atoms with E-state index < -0.39 is 0 Å². The summed E-state index contributed by atoms with van der Waals surface area (Å²) in [6.07, 6.45) is 3.92. The van der Waals surface area contributed by atoms with E-state index in [-0.39, 0.29) is 24.0 Å². The number of aliphatic imine (C=N–C) groups is 1. The molecule has 0 spiro atoms. The van der Waals surface area contributed by atoms with Gasteiger partial charge in [0.25, 0.3) is 0 Å². The smallest absolute Gasteiger partial charge is 0.193 e. The summed E-state index contributed by atoms with van der Waals surface area (Å²) in [7, 11) is 3.87. The largest absolute Gasteiger partial charge is 0.354 e. The molecule has 5 nitrogen and oxygen atoms in total. The van der Waals surface area contributed by atoms with E-state index in [1.165, 1.54) is 16.7 Å². The zero-order chi connectivity index (χ0) is 15.9. The molecule has 0 bridgehead atoms. The van der Waals surface area contributed by atoms with Crippen molar-refractivity contribution < 1.29 is 0 Å². The van der Waals surface area contributed by atoms with Gasteiger partial charge in [-0.1, -0.05) is 24.3 Å². The third-order valence-electron chi connectivity index (χ3n) is 3.63. The van der Waals surface area contributed by atoms with Gasteiger partial charge in [0.1, 0.15) is 0 Å². The summed E-state index contributed by atoms with van der Waals surface area (Å²) in [5.41, 5.74) is 3.80. The lowest BCUT2D eigenvalue weighted by Gasteiger charge is -2.23. The predicted octanol–water partition coefficient (Wildman–Crippen LogP) is 2.83. The Balaban J connectivity index is 0.00000264. The predicted molar refractivity (Wildman–Crippen MR) is 106 cm³/mol. The maximum absolute atomic E-state index is 4.35. The van der Waals surface area contributed by atoms with Crippen molar-refractivity contribution in [2.45, 2.75) is 26.9 Å². The summed E-state index contributed by atoms with van der Waals surface area (Å²) in [6, 6.07) is 8.44. The highest BCUT2D eigenvalue weighted by Crippen LogP contribution is 2.09. The van der Waals surface area contributed by atoms with Gasteiger partial charge in [0.05, 0.1) is 12.7 Å². The van der Waals surface area contributed by atoms with Gasteiger partial charge in [-0.3, -0.25) is 9.67 Å². The first-order valence-corrected chi connectivity index (χ1v) is 7.55. The zero-order valence-electron chi connectivity index (χ0n) is 14.3. The number of nitrogens with one attached hydrogen (secondary N) is 1. The monoisotopic (exact) mass is 427 g/mol. The normalized spacial score (nSPS) is 11.0. The van der Waals surface area contributed by atoms with Crippen LogP contribution in [0.3, 0.4) is 0 Å². The number of hydrogen-bond acceptors (Lipinski definition) is 2. The summed E-state index contributed by atoms with van der Waals surface area (Å²) in [6.45, 7) is 6.65. The average Bonchev–Trinajstić information content (AvgIpc) is 2.91. The summed E-state index contributed by atoms with van der Waals surface area (Å²) in [4.78, 5) is 6.49. The van der Waals surface area contributed by atoms with Crippen molar-refractivity contribution in [1.82, 2.24) is 20.0 Å². The number of guanidine groups is 1. The molecule has 1 heterocycles. The quantitative estimate of drug-likeness (QED) is 0.454. The second-order valence-corrected chi connectivity index (χ2v) is 5.54. The third-order valence-corrected chi connectivity index (χ3v) is 3.63. The standard InChI is InChI=1S/C17H25N5.HI/c1-14-11-20-22(12-14)10-9-19-17(18-3)21(4)13-16-8-6-5-7-15(16)2;/h5-8,11-12H,9-10,13H2,1-4H3,(H,18,19);1H. The minimum atomic E-state index is 0. The van der Waals surface area contributed by atoms with Crippen LogP contribution >= 0.6 is 24.0 Å². The third kappa shape index (κ3) is 5.85. The van der Waals surface area contributed by atoms with Crippen molar-refractivity contribution in [2.24, 2.45) is 4.99 Å². The topological polar surface area (TPSA) is 45.5 Å². The molecule has 126 valence electrons. The van der Waals surface area contributed by atoms with Crippen LogP contribution in [0.5, 0.6) is 0 Å². The van der Waals surface area contributed by atoms with E-state index >= 15 is 0 Å². The Bertz CT molecular complexity index is 635. The van der Waals surface area contributed by atoms with Crippen molar-refractivity contribution in [3.05, 3.63) is 53.3 Å². The van der Waals surface area contributed by atoms with E-state index in [9.17, 15) is 0 Å². The van der Waals surface area contributed by atoms with Crippen molar-refractivity contribution in [2.75, 3.05) is 20.6 Å². The molecule has 1 aromatic heterocycles. The number of nitrogens with zero attached hydrogens (tertiary/aromatic N) is 4. The van der Waals surface area contributed by atoms with Crippen LogP contribution in [-0.4, -0.2) is 41.3 Å². The lowest BCUT2D eigenvalue weighted by atomic mass is 10.1. The lowest BCUT2D eigenvalue weighted by Crippen LogP contribution is -2.40. The Morgan fingerprint density at radius 3 is 2.65 bits per heavy atom. The van der Waals surface area contributed by atoms with Gasteiger partial charge in [-0.15, -0.1) is 24.0 Å². The van der Waals surface area contributed by atoms with Gasteiger partial charge in [-0.25, -0.2) is 0 Å². The number of aryl methyl sites for hydroxylation is 2. The van der Waals surface area contributed by atoms with Crippen molar-refractivity contribution in [1.29, 1.82) is 0 Å². The Hall–Kier alpha value is -1.57. The summed E-state index contributed by atoms with van der Waals surface area (Å²) >= 11 is 0. The number of benzene rings is 1. The van der Waals surface area contributed by atoms with Gasteiger partial charge >= 0.3 is 0 Å². The first-order chi connectivity index (χ1) is 10.6. The fourth-order valence-electron chi connectivity index (χ4n) is 2.37. The number of aromatic nitrogens is 2. The van der Waals surface area contributed by atoms with Gasteiger partial charge in [0, 0.05) is 33.4 Å². The number of halogens is 1. The molecule has 0 aliphatic heterocycles. The minimum Gasteiger partial charge on any atom is -0.354 e. The fourth-order valence-corrected chi connectivity index (χ4v) is 2.37. The Kier molecular flexibility index (Phi) is 8.08. The first kappa shape index (κ1) is 19.5. The van der Waals surface area contributed by atoms with Crippen LogP contribution in [-0.2, 0) is 13.1 Å². The Morgan fingerprint density at radius 2 is 2.04 bits per heavy atom. The van der Waals surface area contributed by atoms with Crippen LogP contribution < -0.4 is 5.32 Å². The van der Waals surface area contributed by atoms with Crippen LogP contribution in [0.15, 0.2) is 41.7 Å². The molecular formula is C17H26IN5.